The number of carbonyl (C=O) groups is 1. The smallest absolute Gasteiger partial charge is 0.333 e. The van der Waals surface area contributed by atoms with E-state index in [-0.39, 0.29) is 17.1 Å². The Morgan fingerprint density at radius 1 is 1.35 bits per heavy atom. The van der Waals surface area contributed by atoms with E-state index in [2.05, 4.69) is 18.3 Å². The Morgan fingerprint density at radius 2 is 1.95 bits per heavy atom. The van der Waals surface area contributed by atoms with E-state index in [4.69, 9.17) is 11.3 Å². The average molecular weight is 273 g/mol. The monoisotopic (exact) mass is 273 g/mol. The maximum absolute atomic E-state index is 12.1. The first kappa shape index (κ1) is 13.7. The fourth-order valence-corrected chi connectivity index (χ4v) is 5.23. The molecule has 3 heteroatoms. The molecule has 0 aromatic carbocycles. The fourth-order valence-electron chi connectivity index (χ4n) is 5.23. The molecular formula is C17H23NO2. The quantitative estimate of drug-likeness (QED) is 0.445. The van der Waals surface area contributed by atoms with Gasteiger partial charge in [-0.2, -0.15) is 0 Å². The summed E-state index contributed by atoms with van der Waals surface area (Å²) in [6.07, 6.45) is 6.03. The molecule has 0 N–H and O–H groups in total. The van der Waals surface area contributed by atoms with Crippen molar-refractivity contribution in [2.45, 2.75) is 63.5 Å². The molecule has 108 valence electrons. The van der Waals surface area contributed by atoms with E-state index >= 15 is 0 Å². The molecule has 3 nitrogen and oxygen atoms in total. The zero-order chi connectivity index (χ0) is 14.5. The zero-order valence-electron chi connectivity index (χ0n) is 12.4. The van der Waals surface area contributed by atoms with Crippen LogP contribution in [0.1, 0.15) is 52.4 Å². The molecule has 2 unspecified atom stereocenters. The molecule has 0 spiro atoms. The molecule has 4 rings (SSSR count). The number of esters is 1. The third-order valence-corrected chi connectivity index (χ3v) is 5.96. The topological polar surface area (TPSA) is 30.7 Å². The summed E-state index contributed by atoms with van der Waals surface area (Å²) in [6.45, 7) is 15.1. The molecule has 0 radical (unpaired) electrons. The van der Waals surface area contributed by atoms with E-state index in [1.54, 1.807) is 6.92 Å². The summed E-state index contributed by atoms with van der Waals surface area (Å²) in [4.78, 5) is 16.1. The number of ether oxygens (including phenoxy) is 1. The zero-order valence-corrected chi connectivity index (χ0v) is 12.4. The predicted molar refractivity (Wildman–Crippen MR) is 76.8 cm³/mol. The first-order valence-corrected chi connectivity index (χ1v) is 7.72. The van der Waals surface area contributed by atoms with Crippen LogP contribution in [-0.4, -0.2) is 17.1 Å². The van der Waals surface area contributed by atoms with Gasteiger partial charge in [0.15, 0.2) is 0 Å². The summed E-state index contributed by atoms with van der Waals surface area (Å²) in [5.74, 6) is 1.16. The highest BCUT2D eigenvalue weighted by Crippen LogP contribution is 2.63. The van der Waals surface area contributed by atoms with Crippen molar-refractivity contribution >= 4 is 5.97 Å². The van der Waals surface area contributed by atoms with Crippen LogP contribution in [0.25, 0.3) is 4.85 Å². The number of nitrogens with zero attached hydrogens (tertiary/aromatic N) is 1. The van der Waals surface area contributed by atoms with E-state index in [1.807, 2.05) is 0 Å². The molecule has 4 aliphatic carbocycles. The van der Waals surface area contributed by atoms with Gasteiger partial charge in [-0.3, -0.25) is 0 Å². The summed E-state index contributed by atoms with van der Waals surface area (Å²) >= 11 is 0. The minimum absolute atomic E-state index is 0.148. The molecule has 0 aromatic rings. The van der Waals surface area contributed by atoms with Gasteiger partial charge in [0.25, 0.3) is 0 Å². The van der Waals surface area contributed by atoms with Gasteiger partial charge in [0.05, 0.1) is 0 Å². The lowest BCUT2D eigenvalue weighted by Gasteiger charge is -2.60. The van der Waals surface area contributed by atoms with Gasteiger partial charge in [-0.25, -0.2) is 11.4 Å². The van der Waals surface area contributed by atoms with Crippen LogP contribution in [0, 0.1) is 24.3 Å². The molecule has 4 bridgehead atoms. The van der Waals surface area contributed by atoms with Crippen molar-refractivity contribution in [1.82, 2.24) is 0 Å². The molecule has 0 saturated heterocycles. The van der Waals surface area contributed by atoms with Crippen molar-refractivity contribution in [1.29, 1.82) is 0 Å². The van der Waals surface area contributed by atoms with E-state index in [0.717, 1.165) is 38.5 Å². The maximum Gasteiger partial charge on any atom is 0.333 e. The minimum Gasteiger partial charge on any atom is -0.455 e. The number of carbonyl (C=O) groups excluding carboxylic acids is 1. The van der Waals surface area contributed by atoms with Gasteiger partial charge in [0.2, 0.25) is 5.54 Å². The second kappa shape index (κ2) is 4.35. The van der Waals surface area contributed by atoms with Crippen LogP contribution in [0.2, 0.25) is 0 Å². The van der Waals surface area contributed by atoms with Crippen LogP contribution in [0.5, 0.6) is 0 Å². The molecule has 2 atom stereocenters. The van der Waals surface area contributed by atoms with Crippen molar-refractivity contribution in [3.8, 4) is 0 Å². The Morgan fingerprint density at radius 3 is 2.40 bits per heavy atom. The first-order chi connectivity index (χ1) is 9.44. The van der Waals surface area contributed by atoms with Crippen LogP contribution in [0.15, 0.2) is 12.2 Å². The Labute approximate surface area is 121 Å². The predicted octanol–water partition coefficient (Wildman–Crippen LogP) is 3.75. The van der Waals surface area contributed by atoms with Crippen LogP contribution in [-0.2, 0) is 9.53 Å². The number of rotatable bonds is 3. The van der Waals surface area contributed by atoms with Crippen LogP contribution in [0.3, 0.4) is 0 Å². The lowest BCUT2D eigenvalue weighted by Crippen LogP contribution is -2.63. The third-order valence-electron chi connectivity index (χ3n) is 5.96. The highest BCUT2D eigenvalue weighted by atomic mass is 16.6. The molecule has 0 amide bonds. The van der Waals surface area contributed by atoms with Crippen molar-refractivity contribution < 1.29 is 9.53 Å². The van der Waals surface area contributed by atoms with Gasteiger partial charge < -0.3 is 9.58 Å². The van der Waals surface area contributed by atoms with Gasteiger partial charge in [0, 0.05) is 36.7 Å². The average Bonchev–Trinajstić information content (AvgIpc) is 2.42. The van der Waals surface area contributed by atoms with Gasteiger partial charge in [-0.1, -0.05) is 13.5 Å². The standard InChI is InChI=1S/C17H23NO2/c1-5-17(20-15(19)11(2)3)13-6-12-7-14(17)10-16(8-12,9-13)18-4/h12-14H,2,5-10H2,1,3H3. The normalized spacial score (nSPS) is 45.0. The SMILES string of the molecule is [C-]#[N+]C12CC3CC(C1)C(CC)(OC(=O)C(=C)C)C(C3)C2. The highest BCUT2D eigenvalue weighted by Gasteiger charge is 2.66. The summed E-state index contributed by atoms with van der Waals surface area (Å²) in [5.41, 5.74) is -0.00195. The van der Waals surface area contributed by atoms with E-state index < -0.39 is 0 Å². The molecular weight excluding hydrogens is 250 g/mol. The van der Waals surface area contributed by atoms with Crippen molar-refractivity contribution in [2.75, 3.05) is 0 Å². The second-order valence-corrected chi connectivity index (χ2v) is 7.16. The Hall–Kier alpha value is -1.30. The van der Waals surface area contributed by atoms with Crippen LogP contribution >= 0.6 is 0 Å². The molecule has 0 aromatic heterocycles. The van der Waals surface area contributed by atoms with E-state index in [1.165, 1.54) is 0 Å². The Kier molecular flexibility index (Phi) is 2.97. The number of hydrogen-bond donors (Lipinski definition) is 0. The Balaban J connectivity index is 1.92. The fraction of sp³-hybridized carbons (Fsp3) is 0.765. The second-order valence-electron chi connectivity index (χ2n) is 7.16. The third kappa shape index (κ3) is 1.74. The van der Waals surface area contributed by atoms with E-state index in [0.29, 0.717) is 23.3 Å². The van der Waals surface area contributed by atoms with Crippen LogP contribution < -0.4 is 0 Å². The Bertz CT molecular complexity index is 486. The molecule has 4 aliphatic rings. The first-order valence-electron chi connectivity index (χ1n) is 7.72. The lowest BCUT2D eigenvalue weighted by molar-refractivity contribution is -0.207. The lowest BCUT2D eigenvalue weighted by atomic mass is 9.47. The minimum atomic E-state index is -0.332. The summed E-state index contributed by atoms with van der Waals surface area (Å²) in [6, 6.07) is 0. The molecule has 4 fully saturated rings. The van der Waals surface area contributed by atoms with E-state index in [9.17, 15) is 4.79 Å². The van der Waals surface area contributed by atoms with Crippen molar-refractivity contribution in [3.05, 3.63) is 23.6 Å². The van der Waals surface area contributed by atoms with Gasteiger partial charge in [0.1, 0.15) is 5.60 Å². The summed E-state index contributed by atoms with van der Waals surface area (Å²) in [5, 5.41) is 0. The van der Waals surface area contributed by atoms with Gasteiger partial charge in [-0.05, 0) is 32.1 Å². The molecule has 20 heavy (non-hydrogen) atoms. The molecule has 0 heterocycles. The van der Waals surface area contributed by atoms with Crippen molar-refractivity contribution in [3.63, 3.8) is 0 Å². The van der Waals surface area contributed by atoms with Gasteiger partial charge in [-0.15, -0.1) is 0 Å². The van der Waals surface area contributed by atoms with Gasteiger partial charge >= 0.3 is 5.97 Å². The van der Waals surface area contributed by atoms with Crippen LogP contribution in [0.4, 0.5) is 0 Å². The van der Waals surface area contributed by atoms with Crippen molar-refractivity contribution in [2.24, 2.45) is 17.8 Å². The summed E-state index contributed by atoms with van der Waals surface area (Å²) in [7, 11) is 0. The highest BCUT2D eigenvalue weighted by molar-refractivity contribution is 5.87. The molecule has 0 aliphatic heterocycles. The summed E-state index contributed by atoms with van der Waals surface area (Å²) < 4.78 is 5.97. The number of hydrogen-bond acceptors (Lipinski definition) is 2. The molecule has 4 saturated carbocycles. The maximum atomic E-state index is 12.1. The largest absolute Gasteiger partial charge is 0.455 e.